The highest BCUT2D eigenvalue weighted by molar-refractivity contribution is 5.98. The van der Waals surface area contributed by atoms with E-state index >= 15 is 0 Å². The average molecular weight is 318 g/mol. The maximum atomic E-state index is 12.1. The number of fused-ring (bicyclic) bond motifs is 1. The Labute approximate surface area is 137 Å². The summed E-state index contributed by atoms with van der Waals surface area (Å²) in [5.74, 6) is 0.889. The molecule has 1 amide bonds. The number of ether oxygens (including phenoxy) is 1. The number of amides is 1. The summed E-state index contributed by atoms with van der Waals surface area (Å²) in [7, 11) is 0. The van der Waals surface area contributed by atoms with Crippen molar-refractivity contribution in [2.24, 2.45) is 11.7 Å². The van der Waals surface area contributed by atoms with E-state index in [0.717, 1.165) is 57.1 Å². The van der Waals surface area contributed by atoms with E-state index in [-0.39, 0.29) is 6.10 Å². The van der Waals surface area contributed by atoms with E-state index in [1.54, 1.807) is 0 Å². The molecule has 1 fully saturated rings. The molecule has 0 aliphatic heterocycles. The van der Waals surface area contributed by atoms with Crippen molar-refractivity contribution in [3.63, 3.8) is 0 Å². The fourth-order valence-corrected chi connectivity index (χ4v) is 4.08. The van der Waals surface area contributed by atoms with E-state index in [9.17, 15) is 9.59 Å². The molecule has 23 heavy (non-hydrogen) atoms. The number of primary amides is 1. The number of Topliss-reactive ketones (excluding diaryl/α,β-unsaturated/α-hetero) is 1. The van der Waals surface area contributed by atoms with Crippen LogP contribution < -0.4 is 5.73 Å². The molecule has 0 bridgehead atoms. The molecule has 0 aromatic carbocycles. The third-order valence-electron chi connectivity index (χ3n) is 5.29. The second-order valence-electron chi connectivity index (χ2n) is 6.82. The maximum Gasteiger partial charge on any atom is 0.404 e. The van der Waals surface area contributed by atoms with Crippen molar-refractivity contribution < 1.29 is 14.3 Å². The molecule has 1 aromatic heterocycles. The number of nitrogens with zero attached hydrogens (tertiary/aromatic N) is 1. The summed E-state index contributed by atoms with van der Waals surface area (Å²) in [5.41, 5.74) is 8.58. The van der Waals surface area contributed by atoms with Crippen molar-refractivity contribution in [1.29, 1.82) is 0 Å². The highest BCUT2D eigenvalue weighted by Gasteiger charge is 2.27. The number of ketones is 1. The summed E-state index contributed by atoms with van der Waals surface area (Å²) in [6, 6.07) is 2.11. The number of carbonyl (C=O) groups excluding carboxylic acids is 2. The van der Waals surface area contributed by atoms with Crippen LogP contribution in [-0.4, -0.2) is 22.5 Å². The normalized spacial score (nSPS) is 24.3. The zero-order valence-electron chi connectivity index (χ0n) is 13.8. The van der Waals surface area contributed by atoms with Crippen LogP contribution >= 0.6 is 0 Å². The zero-order chi connectivity index (χ0) is 16.4. The van der Waals surface area contributed by atoms with E-state index < -0.39 is 6.09 Å². The molecule has 0 unspecified atom stereocenters. The minimum Gasteiger partial charge on any atom is -0.446 e. The molecule has 5 nitrogen and oxygen atoms in total. The highest BCUT2D eigenvalue weighted by atomic mass is 16.6. The van der Waals surface area contributed by atoms with E-state index in [2.05, 4.69) is 17.6 Å². The average Bonchev–Trinajstić information content (AvgIpc) is 2.88. The van der Waals surface area contributed by atoms with Gasteiger partial charge in [-0.05, 0) is 56.9 Å². The largest absolute Gasteiger partial charge is 0.446 e. The van der Waals surface area contributed by atoms with E-state index in [1.165, 1.54) is 11.4 Å². The van der Waals surface area contributed by atoms with Crippen LogP contribution in [0.1, 0.15) is 67.2 Å². The molecule has 2 N–H and O–H groups in total. The molecule has 0 radical (unpaired) electrons. The van der Waals surface area contributed by atoms with Gasteiger partial charge < -0.3 is 15.0 Å². The second kappa shape index (κ2) is 6.77. The smallest absolute Gasteiger partial charge is 0.404 e. The maximum absolute atomic E-state index is 12.1. The third kappa shape index (κ3) is 3.43. The van der Waals surface area contributed by atoms with Gasteiger partial charge in [0.25, 0.3) is 0 Å². The molecule has 1 heterocycles. The number of hydrogen-bond acceptors (Lipinski definition) is 3. The van der Waals surface area contributed by atoms with Crippen molar-refractivity contribution in [3.05, 3.63) is 23.0 Å². The molecular weight excluding hydrogens is 292 g/mol. The lowest BCUT2D eigenvalue weighted by Crippen LogP contribution is -2.29. The van der Waals surface area contributed by atoms with Crippen molar-refractivity contribution in [3.8, 4) is 0 Å². The molecule has 0 atom stereocenters. The van der Waals surface area contributed by atoms with Crippen molar-refractivity contribution >= 4 is 11.9 Å². The van der Waals surface area contributed by atoms with Gasteiger partial charge in [0.1, 0.15) is 6.10 Å². The van der Waals surface area contributed by atoms with Crippen LogP contribution in [0.3, 0.4) is 0 Å². The molecule has 1 saturated carbocycles. The molecule has 2 aliphatic carbocycles. The first-order valence-electron chi connectivity index (χ1n) is 8.79. The fraction of sp³-hybridized carbons (Fsp3) is 0.667. The zero-order valence-corrected chi connectivity index (χ0v) is 13.8. The molecule has 3 rings (SSSR count). The lowest BCUT2D eigenvalue weighted by molar-refractivity contribution is 0.0684. The number of hydrogen-bond donors (Lipinski definition) is 1. The SMILES string of the molecule is CCc1cc2c(n1CC1CCC(OC(N)=O)CC1)CCCC2=O. The van der Waals surface area contributed by atoms with Crippen LogP contribution in [0.2, 0.25) is 0 Å². The van der Waals surface area contributed by atoms with Crippen LogP contribution in [0.4, 0.5) is 4.79 Å². The van der Waals surface area contributed by atoms with Gasteiger partial charge in [-0.1, -0.05) is 6.92 Å². The predicted octanol–water partition coefficient (Wildman–Crippen LogP) is 3.22. The van der Waals surface area contributed by atoms with Gasteiger partial charge in [0, 0.05) is 29.9 Å². The molecule has 0 spiro atoms. The topological polar surface area (TPSA) is 74.3 Å². The van der Waals surface area contributed by atoms with E-state index in [4.69, 9.17) is 10.5 Å². The Hall–Kier alpha value is -1.78. The Morgan fingerprint density at radius 1 is 1.30 bits per heavy atom. The van der Waals surface area contributed by atoms with Crippen molar-refractivity contribution in [1.82, 2.24) is 4.57 Å². The van der Waals surface area contributed by atoms with Gasteiger partial charge in [0.15, 0.2) is 5.78 Å². The molecule has 5 heteroatoms. The Bertz CT molecular complexity index is 598. The first kappa shape index (κ1) is 16.1. The van der Waals surface area contributed by atoms with E-state index in [0.29, 0.717) is 18.1 Å². The van der Waals surface area contributed by atoms with Crippen LogP contribution in [0.25, 0.3) is 0 Å². The number of aromatic nitrogens is 1. The molecule has 126 valence electrons. The Kier molecular flexibility index (Phi) is 4.74. The van der Waals surface area contributed by atoms with Gasteiger partial charge in [-0.25, -0.2) is 4.79 Å². The van der Waals surface area contributed by atoms with Crippen molar-refractivity contribution in [2.75, 3.05) is 0 Å². The van der Waals surface area contributed by atoms with Crippen LogP contribution in [-0.2, 0) is 24.1 Å². The monoisotopic (exact) mass is 318 g/mol. The first-order chi connectivity index (χ1) is 11.1. The van der Waals surface area contributed by atoms with Crippen molar-refractivity contribution in [2.45, 2.75) is 70.9 Å². The van der Waals surface area contributed by atoms with Gasteiger partial charge >= 0.3 is 6.09 Å². The van der Waals surface area contributed by atoms with Crippen LogP contribution in [0, 0.1) is 5.92 Å². The lowest BCUT2D eigenvalue weighted by atomic mass is 9.87. The van der Waals surface area contributed by atoms with Gasteiger partial charge in [-0.2, -0.15) is 0 Å². The fourth-order valence-electron chi connectivity index (χ4n) is 4.08. The Balaban J connectivity index is 1.69. The first-order valence-corrected chi connectivity index (χ1v) is 8.79. The quantitative estimate of drug-likeness (QED) is 0.926. The summed E-state index contributed by atoms with van der Waals surface area (Å²) < 4.78 is 7.51. The standard InChI is InChI=1S/C18H26N2O3/c1-2-13-10-15-16(4-3-5-17(15)21)20(13)11-12-6-8-14(9-7-12)23-18(19)22/h10,12,14H,2-9,11H2,1H3,(H2,19,22). The molecule has 0 saturated heterocycles. The number of aryl methyl sites for hydroxylation is 1. The van der Waals surface area contributed by atoms with Crippen LogP contribution in [0.15, 0.2) is 6.07 Å². The summed E-state index contributed by atoms with van der Waals surface area (Å²) >= 11 is 0. The molecule has 2 aliphatic rings. The van der Waals surface area contributed by atoms with Crippen LogP contribution in [0.5, 0.6) is 0 Å². The third-order valence-corrected chi connectivity index (χ3v) is 5.29. The predicted molar refractivity (Wildman–Crippen MR) is 87.5 cm³/mol. The number of rotatable bonds is 4. The van der Waals surface area contributed by atoms with Gasteiger partial charge in [-0.3, -0.25) is 4.79 Å². The molecular formula is C18H26N2O3. The lowest BCUT2D eigenvalue weighted by Gasteiger charge is -2.29. The van der Waals surface area contributed by atoms with Gasteiger partial charge in [-0.15, -0.1) is 0 Å². The highest BCUT2D eigenvalue weighted by Crippen LogP contribution is 2.31. The number of carbonyl (C=O) groups is 2. The minimum absolute atomic E-state index is 0.0189. The minimum atomic E-state index is -0.667. The second-order valence-corrected chi connectivity index (χ2v) is 6.82. The molecule has 1 aromatic rings. The van der Waals surface area contributed by atoms with Gasteiger partial charge in [0.05, 0.1) is 0 Å². The summed E-state index contributed by atoms with van der Waals surface area (Å²) in [4.78, 5) is 23.0. The summed E-state index contributed by atoms with van der Waals surface area (Å²) in [6.45, 7) is 3.13. The van der Waals surface area contributed by atoms with E-state index in [1.807, 2.05) is 0 Å². The Morgan fingerprint density at radius 3 is 2.70 bits per heavy atom. The summed E-state index contributed by atoms with van der Waals surface area (Å²) in [5, 5.41) is 0. The van der Waals surface area contributed by atoms with Gasteiger partial charge in [0.2, 0.25) is 0 Å². The Morgan fingerprint density at radius 2 is 2.04 bits per heavy atom. The number of nitrogens with two attached hydrogens (primary N) is 1. The summed E-state index contributed by atoms with van der Waals surface area (Å²) in [6.07, 6.45) is 6.81.